The van der Waals surface area contributed by atoms with E-state index in [1.807, 2.05) is 6.20 Å². The SMILES string of the molecule is Cc1ccc2[nH]cc(CN)c2c1C(C)C. The van der Waals surface area contributed by atoms with Crippen LogP contribution in [0.15, 0.2) is 18.3 Å². The Morgan fingerprint density at radius 3 is 2.67 bits per heavy atom. The van der Waals surface area contributed by atoms with Gasteiger partial charge in [-0.15, -0.1) is 0 Å². The summed E-state index contributed by atoms with van der Waals surface area (Å²) in [5.74, 6) is 0.537. The third kappa shape index (κ3) is 1.55. The van der Waals surface area contributed by atoms with Crippen molar-refractivity contribution in [2.45, 2.75) is 33.2 Å². The summed E-state index contributed by atoms with van der Waals surface area (Å²) < 4.78 is 0. The maximum absolute atomic E-state index is 5.76. The van der Waals surface area contributed by atoms with Gasteiger partial charge >= 0.3 is 0 Å². The lowest BCUT2D eigenvalue weighted by Crippen LogP contribution is -1.99. The van der Waals surface area contributed by atoms with Gasteiger partial charge in [0.25, 0.3) is 0 Å². The lowest BCUT2D eigenvalue weighted by molar-refractivity contribution is 0.865. The number of hydrogen-bond acceptors (Lipinski definition) is 1. The van der Waals surface area contributed by atoms with Gasteiger partial charge in [0.1, 0.15) is 0 Å². The Morgan fingerprint density at radius 1 is 1.33 bits per heavy atom. The molecule has 0 aliphatic carbocycles. The van der Waals surface area contributed by atoms with Crippen LogP contribution in [0.5, 0.6) is 0 Å². The molecule has 0 amide bonds. The van der Waals surface area contributed by atoms with Crippen molar-refractivity contribution in [1.29, 1.82) is 0 Å². The number of rotatable bonds is 2. The van der Waals surface area contributed by atoms with Crippen LogP contribution in [0.2, 0.25) is 0 Å². The van der Waals surface area contributed by atoms with Gasteiger partial charge in [-0.2, -0.15) is 0 Å². The monoisotopic (exact) mass is 202 g/mol. The van der Waals surface area contributed by atoms with Crippen molar-refractivity contribution >= 4 is 10.9 Å². The molecule has 80 valence electrons. The van der Waals surface area contributed by atoms with E-state index in [1.54, 1.807) is 0 Å². The molecule has 1 aromatic carbocycles. The third-order valence-electron chi connectivity index (χ3n) is 2.98. The van der Waals surface area contributed by atoms with Crippen LogP contribution >= 0.6 is 0 Å². The smallest absolute Gasteiger partial charge is 0.0460 e. The highest BCUT2D eigenvalue weighted by molar-refractivity contribution is 5.88. The number of H-pyrrole nitrogens is 1. The maximum atomic E-state index is 5.76. The van der Waals surface area contributed by atoms with E-state index >= 15 is 0 Å². The number of benzene rings is 1. The average molecular weight is 202 g/mol. The minimum atomic E-state index is 0.537. The van der Waals surface area contributed by atoms with Crippen LogP contribution in [0.1, 0.15) is 36.5 Å². The molecule has 2 heteroatoms. The molecule has 1 aromatic heterocycles. The lowest BCUT2D eigenvalue weighted by atomic mass is 9.92. The number of nitrogens with one attached hydrogen (secondary N) is 1. The van der Waals surface area contributed by atoms with Crippen molar-refractivity contribution in [3.05, 3.63) is 35.0 Å². The normalized spacial score (nSPS) is 11.5. The Bertz CT molecular complexity index is 480. The zero-order valence-corrected chi connectivity index (χ0v) is 9.59. The fraction of sp³-hybridized carbons (Fsp3) is 0.385. The van der Waals surface area contributed by atoms with Gasteiger partial charge in [-0.25, -0.2) is 0 Å². The molecule has 0 unspecified atom stereocenters. The summed E-state index contributed by atoms with van der Waals surface area (Å²) >= 11 is 0. The third-order valence-corrected chi connectivity index (χ3v) is 2.98. The molecule has 2 rings (SSSR count). The van der Waals surface area contributed by atoms with Gasteiger partial charge in [-0.3, -0.25) is 0 Å². The molecule has 0 radical (unpaired) electrons. The molecule has 0 spiro atoms. The summed E-state index contributed by atoms with van der Waals surface area (Å²) in [6.07, 6.45) is 2.02. The topological polar surface area (TPSA) is 41.8 Å². The quantitative estimate of drug-likeness (QED) is 0.772. The minimum absolute atomic E-state index is 0.537. The van der Waals surface area contributed by atoms with Crippen LogP contribution in [0, 0.1) is 6.92 Å². The average Bonchev–Trinajstić information content (AvgIpc) is 2.59. The minimum Gasteiger partial charge on any atom is -0.361 e. The Hall–Kier alpha value is -1.28. The Morgan fingerprint density at radius 2 is 2.07 bits per heavy atom. The van der Waals surface area contributed by atoms with E-state index in [9.17, 15) is 0 Å². The standard InChI is InChI=1S/C13H18N2/c1-8(2)12-9(3)4-5-11-13(12)10(6-14)7-15-11/h4-5,7-8,15H,6,14H2,1-3H3. The van der Waals surface area contributed by atoms with Crippen LogP contribution in [-0.4, -0.2) is 4.98 Å². The fourth-order valence-corrected chi connectivity index (χ4v) is 2.33. The second-order valence-electron chi connectivity index (χ2n) is 4.39. The van der Waals surface area contributed by atoms with E-state index in [0.29, 0.717) is 12.5 Å². The van der Waals surface area contributed by atoms with E-state index in [0.717, 1.165) is 0 Å². The van der Waals surface area contributed by atoms with E-state index in [-0.39, 0.29) is 0 Å². The van der Waals surface area contributed by atoms with Crippen LogP contribution < -0.4 is 5.73 Å². The Kier molecular flexibility index (Phi) is 2.53. The molecule has 15 heavy (non-hydrogen) atoms. The first-order valence-corrected chi connectivity index (χ1v) is 5.44. The first-order valence-electron chi connectivity index (χ1n) is 5.44. The molecule has 2 aromatic rings. The first-order chi connectivity index (χ1) is 7.15. The molecule has 0 fully saturated rings. The van der Waals surface area contributed by atoms with E-state index < -0.39 is 0 Å². The molecule has 3 N–H and O–H groups in total. The number of aromatic nitrogens is 1. The molecule has 0 saturated carbocycles. The molecular weight excluding hydrogens is 184 g/mol. The summed E-state index contributed by atoms with van der Waals surface area (Å²) in [4.78, 5) is 3.28. The van der Waals surface area contributed by atoms with E-state index in [4.69, 9.17) is 5.73 Å². The van der Waals surface area contributed by atoms with Crippen LogP contribution in [-0.2, 0) is 6.54 Å². The van der Waals surface area contributed by atoms with Gasteiger partial charge in [-0.05, 0) is 35.6 Å². The van der Waals surface area contributed by atoms with Crippen LogP contribution in [0.25, 0.3) is 10.9 Å². The predicted molar refractivity (Wildman–Crippen MR) is 65.0 cm³/mol. The maximum Gasteiger partial charge on any atom is 0.0460 e. The van der Waals surface area contributed by atoms with Gasteiger partial charge in [0.05, 0.1) is 0 Å². The second-order valence-corrected chi connectivity index (χ2v) is 4.39. The molecule has 0 aliphatic heterocycles. The number of nitrogens with two attached hydrogens (primary N) is 1. The van der Waals surface area contributed by atoms with Crippen molar-refractivity contribution in [1.82, 2.24) is 4.98 Å². The molecule has 0 bridgehead atoms. The zero-order valence-electron chi connectivity index (χ0n) is 9.59. The molecule has 0 atom stereocenters. The number of hydrogen-bond donors (Lipinski definition) is 2. The summed E-state index contributed by atoms with van der Waals surface area (Å²) in [5, 5.41) is 1.33. The zero-order chi connectivity index (χ0) is 11.0. The van der Waals surface area contributed by atoms with Gasteiger partial charge in [0.2, 0.25) is 0 Å². The largest absolute Gasteiger partial charge is 0.361 e. The summed E-state index contributed by atoms with van der Waals surface area (Å²) in [6.45, 7) is 7.23. The molecule has 0 saturated heterocycles. The van der Waals surface area contributed by atoms with Gasteiger partial charge in [0, 0.05) is 23.6 Å². The van der Waals surface area contributed by atoms with Crippen LogP contribution in [0.3, 0.4) is 0 Å². The van der Waals surface area contributed by atoms with Crippen molar-refractivity contribution in [3.63, 3.8) is 0 Å². The first kappa shape index (κ1) is 10.2. The van der Waals surface area contributed by atoms with Gasteiger partial charge < -0.3 is 10.7 Å². The molecule has 1 heterocycles. The highest BCUT2D eigenvalue weighted by Crippen LogP contribution is 2.30. The predicted octanol–water partition coefficient (Wildman–Crippen LogP) is 3.06. The molecule has 0 aliphatic rings. The van der Waals surface area contributed by atoms with E-state index in [2.05, 4.69) is 37.9 Å². The highest BCUT2D eigenvalue weighted by atomic mass is 14.7. The van der Waals surface area contributed by atoms with Crippen molar-refractivity contribution in [2.24, 2.45) is 5.73 Å². The number of aryl methyl sites for hydroxylation is 1. The summed E-state index contributed by atoms with van der Waals surface area (Å²) in [6, 6.07) is 4.31. The summed E-state index contributed by atoms with van der Waals surface area (Å²) in [7, 11) is 0. The van der Waals surface area contributed by atoms with Crippen molar-refractivity contribution in [2.75, 3.05) is 0 Å². The second kappa shape index (κ2) is 3.70. The van der Waals surface area contributed by atoms with Crippen molar-refractivity contribution < 1.29 is 0 Å². The van der Waals surface area contributed by atoms with E-state index in [1.165, 1.54) is 27.6 Å². The van der Waals surface area contributed by atoms with Gasteiger partial charge in [-0.1, -0.05) is 19.9 Å². The van der Waals surface area contributed by atoms with Crippen molar-refractivity contribution in [3.8, 4) is 0 Å². The number of aromatic amines is 1. The molecular formula is C13H18N2. The lowest BCUT2D eigenvalue weighted by Gasteiger charge is -2.12. The van der Waals surface area contributed by atoms with Crippen LogP contribution in [0.4, 0.5) is 0 Å². The molecule has 2 nitrogen and oxygen atoms in total. The Balaban J connectivity index is 2.83. The number of fused-ring (bicyclic) bond motifs is 1. The summed E-state index contributed by atoms with van der Waals surface area (Å²) in [5.41, 5.74) is 11.0. The Labute approximate surface area is 90.5 Å². The fourth-order valence-electron chi connectivity index (χ4n) is 2.33. The van der Waals surface area contributed by atoms with Gasteiger partial charge in [0.15, 0.2) is 0 Å². The highest BCUT2D eigenvalue weighted by Gasteiger charge is 2.12.